The summed E-state index contributed by atoms with van der Waals surface area (Å²) in [4.78, 5) is 25.5. The summed E-state index contributed by atoms with van der Waals surface area (Å²) in [6, 6.07) is 13.1. The molecule has 32 heavy (non-hydrogen) atoms. The maximum Gasteiger partial charge on any atom is 0.259 e. The highest BCUT2D eigenvalue weighted by Gasteiger charge is 2.17. The number of piperidine rings is 1. The third kappa shape index (κ3) is 5.56. The average Bonchev–Trinajstić information content (AvgIpc) is 2.84. The van der Waals surface area contributed by atoms with Gasteiger partial charge in [-0.3, -0.25) is 4.79 Å². The van der Waals surface area contributed by atoms with Crippen molar-refractivity contribution in [3.63, 3.8) is 0 Å². The molecular formula is C23H24N8O. The zero-order chi connectivity index (χ0) is 22.2. The van der Waals surface area contributed by atoms with Crippen LogP contribution >= 0.6 is 0 Å². The number of nitrogens with zero attached hydrogens (tertiary/aromatic N) is 4. The zero-order valence-electron chi connectivity index (χ0n) is 17.5. The van der Waals surface area contributed by atoms with Gasteiger partial charge in [0.1, 0.15) is 17.7 Å². The van der Waals surface area contributed by atoms with Crippen molar-refractivity contribution in [3.05, 3.63) is 66.2 Å². The molecule has 4 rings (SSSR count). The molecule has 0 aliphatic carbocycles. The Morgan fingerprint density at radius 2 is 1.84 bits per heavy atom. The number of anilines is 4. The highest BCUT2D eigenvalue weighted by atomic mass is 16.1. The molecule has 2 aromatic heterocycles. The van der Waals surface area contributed by atoms with Gasteiger partial charge in [0.25, 0.3) is 5.91 Å². The highest BCUT2D eigenvalue weighted by molar-refractivity contribution is 6.08. The zero-order valence-corrected chi connectivity index (χ0v) is 17.5. The van der Waals surface area contributed by atoms with E-state index >= 15 is 0 Å². The molecule has 0 bridgehead atoms. The standard InChI is InChI=1S/C23H24N8O/c24-11-18-13-28-22(15-26-18)31-21-10-20(27-12-16-6-8-25-9-7-16)19(14-29-21)23(32)30-17-4-2-1-3-5-17/h1-5,10,13-16,25H,6-9,12H2,(H,30,32)(H2,27,28,29,31). The fourth-order valence-corrected chi connectivity index (χ4v) is 3.49. The van der Waals surface area contributed by atoms with Gasteiger partial charge in [0, 0.05) is 24.5 Å². The third-order valence-corrected chi connectivity index (χ3v) is 5.24. The Labute approximate surface area is 186 Å². The van der Waals surface area contributed by atoms with Crippen LogP contribution in [0.5, 0.6) is 0 Å². The van der Waals surface area contributed by atoms with Gasteiger partial charge in [-0.2, -0.15) is 5.26 Å². The molecule has 9 nitrogen and oxygen atoms in total. The number of carbonyl (C=O) groups excluding carboxylic acids is 1. The van der Waals surface area contributed by atoms with E-state index in [1.165, 1.54) is 12.4 Å². The van der Waals surface area contributed by atoms with E-state index in [9.17, 15) is 4.79 Å². The van der Waals surface area contributed by atoms with Crippen LogP contribution in [-0.2, 0) is 0 Å². The quantitative estimate of drug-likeness (QED) is 0.452. The topological polar surface area (TPSA) is 128 Å². The number of pyridine rings is 1. The summed E-state index contributed by atoms with van der Waals surface area (Å²) >= 11 is 0. The summed E-state index contributed by atoms with van der Waals surface area (Å²) in [7, 11) is 0. The maximum absolute atomic E-state index is 13.0. The third-order valence-electron chi connectivity index (χ3n) is 5.24. The van der Waals surface area contributed by atoms with E-state index < -0.39 is 0 Å². The maximum atomic E-state index is 13.0. The number of rotatable bonds is 7. The van der Waals surface area contributed by atoms with Gasteiger partial charge in [0.15, 0.2) is 5.69 Å². The first-order valence-corrected chi connectivity index (χ1v) is 10.5. The molecule has 0 spiro atoms. The van der Waals surface area contributed by atoms with Gasteiger partial charge in [0.05, 0.1) is 23.6 Å². The van der Waals surface area contributed by atoms with E-state index in [0.717, 1.165) is 38.2 Å². The molecule has 3 aromatic rings. The molecule has 1 aliphatic heterocycles. The van der Waals surface area contributed by atoms with Crippen molar-refractivity contribution >= 4 is 28.9 Å². The lowest BCUT2D eigenvalue weighted by Gasteiger charge is -2.24. The summed E-state index contributed by atoms with van der Waals surface area (Å²) in [5.74, 6) is 1.28. The first-order valence-electron chi connectivity index (χ1n) is 10.5. The lowest BCUT2D eigenvalue weighted by atomic mass is 9.98. The van der Waals surface area contributed by atoms with Crippen LogP contribution in [0.4, 0.5) is 23.0 Å². The number of hydrogen-bond donors (Lipinski definition) is 4. The molecule has 162 valence electrons. The van der Waals surface area contributed by atoms with Crippen molar-refractivity contribution in [2.75, 3.05) is 35.6 Å². The Bertz CT molecular complexity index is 1090. The van der Waals surface area contributed by atoms with Crippen molar-refractivity contribution in [2.45, 2.75) is 12.8 Å². The van der Waals surface area contributed by atoms with Crippen LogP contribution in [0.25, 0.3) is 0 Å². The fourth-order valence-electron chi connectivity index (χ4n) is 3.49. The molecule has 1 fully saturated rings. The molecule has 0 radical (unpaired) electrons. The lowest BCUT2D eigenvalue weighted by molar-refractivity contribution is 0.102. The van der Waals surface area contributed by atoms with Gasteiger partial charge in [-0.1, -0.05) is 18.2 Å². The molecular weight excluding hydrogens is 404 g/mol. The van der Waals surface area contributed by atoms with Crippen LogP contribution < -0.4 is 21.3 Å². The number of benzene rings is 1. The van der Waals surface area contributed by atoms with Gasteiger partial charge in [-0.25, -0.2) is 15.0 Å². The van der Waals surface area contributed by atoms with Crippen molar-refractivity contribution < 1.29 is 4.79 Å². The van der Waals surface area contributed by atoms with Crippen molar-refractivity contribution in [1.82, 2.24) is 20.3 Å². The van der Waals surface area contributed by atoms with Gasteiger partial charge in [-0.05, 0) is 44.0 Å². The van der Waals surface area contributed by atoms with Gasteiger partial charge in [0.2, 0.25) is 0 Å². The second kappa shape index (κ2) is 10.3. The van der Waals surface area contributed by atoms with Crippen LogP contribution in [0, 0.1) is 17.2 Å². The Morgan fingerprint density at radius 3 is 2.56 bits per heavy atom. The van der Waals surface area contributed by atoms with Crippen LogP contribution in [0.1, 0.15) is 28.9 Å². The van der Waals surface area contributed by atoms with Gasteiger partial charge < -0.3 is 21.3 Å². The molecule has 1 aromatic carbocycles. The summed E-state index contributed by atoms with van der Waals surface area (Å²) in [5, 5.41) is 21.7. The molecule has 0 saturated carbocycles. The number of nitrogens with one attached hydrogen (secondary N) is 4. The Morgan fingerprint density at radius 1 is 1.06 bits per heavy atom. The Kier molecular flexibility index (Phi) is 6.84. The lowest BCUT2D eigenvalue weighted by Crippen LogP contribution is -2.31. The van der Waals surface area contributed by atoms with Crippen LogP contribution in [0.2, 0.25) is 0 Å². The highest BCUT2D eigenvalue weighted by Crippen LogP contribution is 2.23. The Balaban J connectivity index is 1.54. The largest absolute Gasteiger partial charge is 0.384 e. The van der Waals surface area contributed by atoms with Gasteiger partial charge >= 0.3 is 0 Å². The van der Waals surface area contributed by atoms with Crippen LogP contribution in [-0.4, -0.2) is 40.5 Å². The second-order valence-corrected chi connectivity index (χ2v) is 7.53. The predicted octanol–water partition coefficient (Wildman–Crippen LogP) is 3.15. The summed E-state index contributed by atoms with van der Waals surface area (Å²) < 4.78 is 0. The molecule has 3 heterocycles. The summed E-state index contributed by atoms with van der Waals surface area (Å²) in [6.45, 7) is 2.79. The first kappa shape index (κ1) is 21.2. The Hall–Kier alpha value is -4.03. The molecule has 0 atom stereocenters. The fraction of sp³-hybridized carbons (Fsp3) is 0.261. The smallest absolute Gasteiger partial charge is 0.259 e. The first-order chi connectivity index (χ1) is 15.7. The molecule has 9 heteroatoms. The summed E-state index contributed by atoms with van der Waals surface area (Å²) in [6.07, 6.45) is 6.59. The minimum atomic E-state index is -0.235. The monoisotopic (exact) mass is 428 g/mol. The van der Waals surface area contributed by atoms with Crippen molar-refractivity contribution in [3.8, 4) is 6.07 Å². The van der Waals surface area contributed by atoms with Crippen LogP contribution in [0.15, 0.2) is 55.0 Å². The number of nitriles is 1. The molecule has 1 saturated heterocycles. The molecule has 1 amide bonds. The molecule has 0 unspecified atom stereocenters. The average molecular weight is 429 g/mol. The molecule has 1 aliphatic rings. The molecule has 4 N–H and O–H groups in total. The van der Waals surface area contributed by atoms with E-state index in [2.05, 4.69) is 36.2 Å². The van der Waals surface area contributed by atoms with Gasteiger partial charge in [-0.15, -0.1) is 0 Å². The number of carbonyl (C=O) groups is 1. The van der Waals surface area contributed by atoms with Crippen molar-refractivity contribution in [1.29, 1.82) is 5.26 Å². The van der Waals surface area contributed by atoms with Crippen molar-refractivity contribution in [2.24, 2.45) is 5.92 Å². The summed E-state index contributed by atoms with van der Waals surface area (Å²) in [5.41, 5.74) is 2.10. The number of aromatic nitrogens is 3. The SMILES string of the molecule is N#Cc1cnc(Nc2cc(NCC3CCNCC3)c(C(=O)Nc3ccccc3)cn2)cn1. The van der Waals surface area contributed by atoms with E-state index in [1.54, 1.807) is 12.3 Å². The van der Waals surface area contributed by atoms with E-state index in [-0.39, 0.29) is 11.6 Å². The number of para-hydroxylation sites is 1. The predicted molar refractivity (Wildman–Crippen MR) is 123 cm³/mol. The van der Waals surface area contributed by atoms with E-state index in [4.69, 9.17) is 5.26 Å². The number of amides is 1. The number of hydrogen-bond acceptors (Lipinski definition) is 8. The second-order valence-electron chi connectivity index (χ2n) is 7.53. The minimum Gasteiger partial charge on any atom is -0.384 e. The van der Waals surface area contributed by atoms with E-state index in [0.29, 0.717) is 28.8 Å². The van der Waals surface area contributed by atoms with E-state index in [1.807, 2.05) is 36.4 Å². The normalized spacial score (nSPS) is 13.7. The minimum absolute atomic E-state index is 0.235. The van der Waals surface area contributed by atoms with Crippen LogP contribution in [0.3, 0.4) is 0 Å².